The van der Waals surface area contributed by atoms with Gasteiger partial charge in [0.2, 0.25) is 0 Å². The molecule has 1 aliphatic heterocycles. The summed E-state index contributed by atoms with van der Waals surface area (Å²) < 4.78 is 13.2. The lowest BCUT2D eigenvalue weighted by Gasteiger charge is -2.29. The Kier molecular flexibility index (Phi) is 5.00. The fourth-order valence-electron chi connectivity index (χ4n) is 4.43. The highest BCUT2D eigenvalue weighted by Crippen LogP contribution is 2.38. The number of hydrogen-bond acceptors (Lipinski definition) is 7. The molecule has 1 saturated carbocycles. The zero-order valence-corrected chi connectivity index (χ0v) is 17.3. The molecular formula is C22H19FN6OS. The molecule has 7 nitrogen and oxygen atoms in total. The van der Waals surface area contributed by atoms with Crippen molar-refractivity contribution in [3.05, 3.63) is 59.7 Å². The summed E-state index contributed by atoms with van der Waals surface area (Å²) in [5.74, 6) is -0.0454. The number of nitrogens with one attached hydrogen (secondary N) is 2. The van der Waals surface area contributed by atoms with Gasteiger partial charge in [0.15, 0.2) is 11.2 Å². The van der Waals surface area contributed by atoms with Gasteiger partial charge in [0.25, 0.3) is 5.91 Å². The second-order valence-corrected chi connectivity index (χ2v) is 8.85. The SMILES string of the molecule is N#CN1CC2CC(NC(=O)c3ncc(-c4ccncc4Nc4ccc(F)cc4)s3)C1C2. The molecule has 2 fully saturated rings. The highest BCUT2D eigenvalue weighted by Gasteiger charge is 2.45. The number of piperidine rings is 1. The molecule has 2 bridgehead atoms. The maximum Gasteiger partial charge on any atom is 0.280 e. The van der Waals surface area contributed by atoms with Crippen molar-refractivity contribution < 1.29 is 9.18 Å². The molecule has 156 valence electrons. The number of carbonyl (C=O) groups is 1. The highest BCUT2D eigenvalue weighted by molar-refractivity contribution is 7.17. The van der Waals surface area contributed by atoms with Gasteiger partial charge >= 0.3 is 0 Å². The number of nitriles is 1. The van der Waals surface area contributed by atoms with E-state index in [1.165, 1.54) is 23.5 Å². The molecule has 0 radical (unpaired) electrons. The molecule has 1 amide bonds. The predicted octanol–water partition coefficient (Wildman–Crippen LogP) is 3.76. The lowest BCUT2D eigenvalue weighted by atomic mass is 10.1. The van der Waals surface area contributed by atoms with Crippen molar-refractivity contribution >= 4 is 28.6 Å². The number of halogens is 1. The third kappa shape index (κ3) is 3.82. The summed E-state index contributed by atoms with van der Waals surface area (Å²) in [7, 11) is 0. The third-order valence-corrected chi connectivity index (χ3v) is 6.87. The van der Waals surface area contributed by atoms with Crippen LogP contribution >= 0.6 is 11.3 Å². The molecule has 3 atom stereocenters. The summed E-state index contributed by atoms with van der Waals surface area (Å²) in [6.07, 6.45) is 9.12. The number of amides is 1. The number of anilines is 2. The van der Waals surface area contributed by atoms with Crippen molar-refractivity contribution in [1.82, 2.24) is 20.2 Å². The maximum atomic E-state index is 13.2. The number of thiazole rings is 1. The fourth-order valence-corrected chi connectivity index (χ4v) is 5.29. The third-order valence-electron chi connectivity index (χ3n) is 5.84. The average Bonchev–Trinajstić information content (AvgIpc) is 3.51. The molecule has 31 heavy (non-hydrogen) atoms. The molecule has 3 aromatic rings. The lowest BCUT2D eigenvalue weighted by Crippen LogP contribution is -2.48. The van der Waals surface area contributed by atoms with Gasteiger partial charge in [-0.1, -0.05) is 0 Å². The van der Waals surface area contributed by atoms with Gasteiger partial charge in [-0.05, 0) is 49.1 Å². The van der Waals surface area contributed by atoms with E-state index in [-0.39, 0.29) is 23.8 Å². The van der Waals surface area contributed by atoms with Crippen LogP contribution in [0, 0.1) is 23.2 Å². The van der Waals surface area contributed by atoms with E-state index < -0.39 is 0 Å². The Bertz CT molecular complexity index is 1160. The van der Waals surface area contributed by atoms with Crippen molar-refractivity contribution in [2.75, 3.05) is 11.9 Å². The zero-order valence-electron chi connectivity index (χ0n) is 16.5. The second kappa shape index (κ2) is 7.96. The number of pyridine rings is 1. The average molecular weight is 435 g/mol. The Morgan fingerprint density at radius 3 is 2.84 bits per heavy atom. The van der Waals surface area contributed by atoms with Crippen LogP contribution in [0.5, 0.6) is 0 Å². The number of carbonyl (C=O) groups excluding carboxylic acids is 1. The number of fused-ring (bicyclic) bond motifs is 2. The van der Waals surface area contributed by atoms with Crippen LogP contribution in [0.4, 0.5) is 15.8 Å². The molecule has 2 aliphatic rings. The normalized spacial score (nSPS) is 21.7. The standard InChI is InChI=1S/C22H19FN6OS/c23-14-1-3-15(4-2-14)27-18-9-25-6-5-16(18)20-10-26-22(31-20)21(30)28-17-7-13-8-19(17)29(11-13)12-24/h1-6,9-10,13,17,19,27H,7-8,11H2,(H,28,30). The molecule has 1 aliphatic carbocycles. The summed E-state index contributed by atoms with van der Waals surface area (Å²) in [4.78, 5) is 23.9. The molecule has 3 heterocycles. The summed E-state index contributed by atoms with van der Waals surface area (Å²) in [6.45, 7) is 0.792. The Hall–Kier alpha value is -3.51. The van der Waals surface area contributed by atoms with E-state index in [1.807, 2.05) is 6.07 Å². The highest BCUT2D eigenvalue weighted by atomic mass is 32.1. The van der Waals surface area contributed by atoms with Crippen LogP contribution in [-0.4, -0.2) is 39.4 Å². The minimum atomic E-state index is -0.302. The first kappa shape index (κ1) is 19.5. The first-order valence-corrected chi connectivity index (χ1v) is 10.8. The topological polar surface area (TPSA) is 93.9 Å². The van der Waals surface area contributed by atoms with Gasteiger partial charge in [0.1, 0.15) is 5.82 Å². The number of hydrogen-bond donors (Lipinski definition) is 2. The van der Waals surface area contributed by atoms with Crippen molar-refractivity contribution in [3.63, 3.8) is 0 Å². The van der Waals surface area contributed by atoms with Gasteiger partial charge in [-0.25, -0.2) is 9.37 Å². The van der Waals surface area contributed by atoms with Gasteiger partial charge in [-0.3, -0.25) is 9.78 Å². The van der Waals surface area contributed by atoms with Crippen LogP contribution in [0.15, 0.2) is 48.9 Å². The molecule has 1 aromatic carbocycles. The van der Waals surface area contributed by atoms with E-state index in [2.05, 4.69) is 26.8 Å². The van der Waals surface area contributed by atoms with E-state index in [4.69, 9.17) is 0 Å². The van der Waals surface area contributed by atoms with Crippen LogP contribution in [0.1, 0.15) is 22.6 Å². The number of aromatic nitrogens is 2. The summed E-state index contributed by atoms with van der Waals surface area (Å²) >= 11 is 1.30. The molecule has 0 spiro atoms. The summed E-state index contributed by atoms with van der Waals surface area (Å²) in [6, 6.07) is 7.99. The molecule has 9 heteroatoms. The first-order chi connectivity index (χ1) is 15.1. The Labute approximate surface area is 182 Å². The minimum absolute atomic E-state index is 0.0186. The monoisotopic (exact) mass is 434 g/mol. The number of rotatable bonds is 5. The Morgan fingerprint density at radius 2 is 2.06 bits per heavy atom. The number of nitrogens with zero attached hydrogens (tertiary/aromatic N) is 4. The van der Waals surface area contributed by atoms with Crippen molar-refractivity contribution in [3.8, 4) is 16.6 Å². The molecular weight excluding hydrogens is 415 g/mol. The minimum Gasteiger partial charge on any atom is -0.354 e. The van der Waals surface area contributed by atoms with Crippen LogP contribution in [0.3, 0.4) is 0 Å². The van der Waals surface area contributed by atoms with E-state index in [1.54, 1.807) is 35.6 Å². The van der Waals surface area contributed by atoms with Crippen LogP contribution in [-0.2, 0) is 0 Å². The quantitative estimate of drug-likeness (QED) is 0.594. The van der Waals surface area contributed by atoms with E-state index in [9.17, 15) is 14.4 Å². The van der Waals surface area contributed by atoms with E-state index >= 15 is 0 Å². The van der Waals surface area contributed by atoms with Crippen molar-refractivity contribution in [2.24, 2.45) is 5.92 Å². The molecule has 2 N–H and O–H groups in total. The molecule has 2 aromatic heterocycles. The fraction of sp³-hybridized carbons (Fsp3) is 0.273. The van der Waals surface area contributed by atoms with Crippen molar-refractivity contribution in [2.45, 2.75) is 24.9 Å². The zero-order chi connectivity index (χ0) is 21.4. The smallest absolute Gasteiger partial charge is 0.280 e. The van der Waals surface area contributed by atoms with Crippen LogP contribution < -0.4 is 10.6 Å². The Morgan fingerprint density at radius 1 is 1.23 bits per heavy atom. The molecule has 1 saturated heterocycles. The second-order valence-electron chi connectivity index (χ2n) is 7.82. The Balaban J connectivity index is 1.32. The number of benzene rings is 1. The maximum absolute atomic E-state index is 13.2. The van der Waals surface area contributed by atoms with E-state index in [0.717, 1.165) is 41.2 Å². The first-order valence-electron chi connectivity index (χ1n) is 10.0. The predicted molar refractivity (Wildman–Crippen MR) is 115 cm³/mol. The van der Waals surface area contributed by atoms with Gasteiger partial charge in [-0.2, -0.15) is 5.26 Å². The van der Waals surface area contributed by atoms with Crippen LogP contribution in [0.25, 0.3) is 10.4 Å². The summed E-state index contributed by atoms with van der Waals surface area (Å²) in [5, 5.41) is 15.9. The van der Waals surface area contributed by atoms with Gasteiger partial charge < -0.3 is 15.5 Å². The lowest BCUT2D eigenvalue weighted by molar-refractivity contribution is 0.0912. The number of likely N-dealkylation sites (tertiary alicyclic amines) is 1. The van der Waals surface area contributed by atoms with Crippen molar-refractivity contribution in [1.29, 1.82) is 5.26 Å². The van der Waals surface area contributed by atoms with E-state index in [0.29, 0.717) is 10.9 Å². The summed E-state index contributed by atoms with van der Waals surface area (Å²) in [5.41, 5.74) is 2.32. The van der Waals surface area contributed by atoms with Gasteiger partial charge in [0.05, 0.1) is 28.8 Å². The van der Waals surface area contributed by atoms with Crippen LogP contribution in [0.2, 0.25) is 0 Å². The largest absolute Gasteiger partial charge is 0.354 e. The molecule has 3 unspecified atom stereocenters. The van der Waals surface area contributed by atoms with Gasteiger partial charge in [0, 0.05) is 30.2 Å². The molecule has 5 rings (SSSR count). The van der Waals surface area contributed by atoms with Gasteiger partial charge in [-0.15, -0.1) is 11.3 Å².